The highest BCUT2D eigenvalue weighted by Crippen LogP contribution is 2.39. The van der Waals surface area contributed by atoms with Crippen LogP contribution in [0.2, 0.25) is 0 Å². The van der Waals surface area contributed by atoms with Gasteiger partial charge in [-0.15, -0.1) is 0 Å². The number of fused-ring (bicyclic) bond motifs is 1. The second kappa shape index (κ2) is 9.31. The fraction of sp³-hybridized carbons (Fsp3) is 0.440. The molecule has 9 heteroatoms. The molecule has 1 aliphatic heterocycles. The number of hydrogen-bond donors (Lipinski definition) is 1. The van der Waals surface area contributed by atoms with Crippen molar-refractivity contribution < 1.29 is 19.0 Å². The Morgan fingerprint density at radius 1 is 1.32 bits per heavy atom. The molecule has 0 amide bonds. The number of ether oxygens (including phenoxy) is 3. The van der Waals surface area contributed by atoms with Crippen molar-refractivity contribution in [3.63, 3.8) is 0 Å². The van der Waals surface area contributed by atoms with Crippen molar-refractivity contribution in [3.8, 4) is 11.9 Å². The third-order valence-electron chi connectivity index (χ3n) is 5.76. The van der Waals surface area contributed by atoms with Crippen molar-refractivity contribution >= 4 is 22.7 Å². The second-order valence-electron chi connectivity index (χ2n) is 9.51. The summed E-state index contributed by atoms with van der Waals surface area (Å²) in [5.74, 6) is 0.238. The average Bonchev–Trinajstić information content (AvgIpc) is 3.16. The molecule has 3 heterocycles. The zero-order valence-electron chi connectivity index (χ0n) is 19.7. The smallest absolute Gasteiger partial charge is 0.335 e. The average molecular weight is 464 g/mol. The standard InChI is InChI=1S/C25H29N5O4/c1-24(2,3)34-23(31)19-9-11-25(12-13-26,16-33-19)30-18-10-14-28-22(20(18)21(27)29-30)32-15-17-7-5-4-6-8-17/h4-8,10,14,19H,9,11-12,15-16H2,1-3H3,(H2,27,29)/t19-,25-/m0/s1. The number of nitriles is 1. The van der Waals surface area contributed by atoms with Gasteiger partial charge in [0.2, 0.25) is 5.88 Å². The molecule has 2 atom stereocenters. The normalized spacial score (nSPS) is 20.6. The Kier molecular flexibility index (Phi) is 6.44. The van der Waals surface area contributed by atoms with Crippen LogP contribution < -0.4 is 10.5 Å². The highest BCUT2D eigenvalue weighted by Gasteiger charge is 2.43. The molecule has 0 aliphatic carbocycles. The third kappa shape index (κ3) is 4.82. The number of nitrogen functional groups attached to an aromatic ring is 1. The number of carbonyl (C=O) groups excluding carboxylic acids is 1. The molecule has 2 aromatic heterocycles. The topological polar surface area (TPSA) is 125 Å². The van der Waals surface area contributed by atoms with Crippen molar-refractivity contribution in [1.82, 2.24) is 14.8 Å². The first-order valence-electron chi connectivity index (χ1n) is 11.2. The zero-order valence-corrected chi connectivity index (χ0v) is 19.7. The van der Waals surface area contributed by atoms with E-state index in [9.17, 15) is 10.1 Å². The summed E-state index contributed by atoms with van der Waals surface area (Å²) in [5.41, 5.74) is 6.63. The molecular formula is C25H29N5O4. The highest BCUT2D eigenvalue weighted by molar-refractivity contribution is 5.93. The molecule has 1 aromatic carbocycles. The molecule has 9 nitrogen and oxygen atoms in total. The van der Waals surface area contributed by atoms with Gasteiger partial charge in [0.25, 0.3) is 0 Å². The number of aromatic nitrogens is 3. The van der Waals surface area contributed by atoms with E-state index in [4.69, 9.17) is 19.9 Å². The van der Waals surface area contributed by atoms with Gasteiger partial charge in [-0.3, -0.25) is 4.68 Å². The van der Waals surface area contributed by atoms with Crippen molar-refractivity contribution in [1.29, 1.82) is 5.26 Å². The lowest BCUT2D eigenvalue weighted by Crippen LogP contribution is -2.47. The molecule has 2 N–H and O–H groups in total. The van der Waals surface area contributed by atoms with E-state index in [1.165, 1.54) is 0 Å². The SMILES string of the molecule is CC(C)(C)OC(=O)[C@@H]1CC[C@@](CC#N)(n2nc(N)c3c(OCc4ccccc4)nccc32)CO1. The predicted octanol–water partition coefficient (Wildman–Crippen LogP) is 3.72. The van der Waals surface area contributed by atoms with E-state index in [0.29, 0.717) is 36.2 Å². The molecule has 0 bridgehead atoms. The van der Waals surface area contributed by atoms with Crippen LogP contribution in [0, 0.1) is 11.3 Å². The summed E-state index contributed by atoms with van der Waals surface area (Å²) in [6, 6.07) is 13.8. The minimum atomic E-state index is -0.777. The molecule has 1 aliphatic rings. The van der Waals surface area contributed by atoms with E-state index >= 15 is 0 Å². The number of nitrogens with two attached hydrogens (primary N) is 1. The first-order valence-corrected chi connectivity index (χ1v) is 11.2. The van der Waals surface area contributed by atoms with Gasteiger partial charge in [-0.1, -0.05) is 30.3 Å². The summed E-state index contributed by atoms with van der Waals surface area (Å²) in [5, 5.41) is 14.8. The van der Waals surface area contributed by atoms with E-state index < -0.39 is 23.2 Å². The van der Waals surface area contributed by atoms with Crippen LogP contribution in [-0.4, -0.2) is 39.0 Å². The van der Waals surface area contributed by atoms with E-state index in [1.807, 2.05) is 51.1 Å². The van der Waals surface area contributed by atoms with Crippen LogP contribution in [0.5, 0.6) is 5.88 Å². The number of benzene rings is 1. The Morgan fingerprint density at radius 3 is 2.74 bits per heavy atom. The number of nitrogens with zero attached hydrogens (tertiary/aromatic N) is 4. The van der Waals surface area contributed by atoms with Gasteiger partial charge >= 0.3 is 5.97 Å². The molecule has 0 unspecified atom stereocenters. The number of pyridine rings is 1. The molecule has 0 spiro atoms. The van der Waals surface area contributed by atoms with E-state index in [-0.39, 0.29) is 18.8 Å². The summed E-state index contributed by atoms with van der Waals surface area (Å²) in [6.45, 7) is 5.92. The summed E-state index contributed by atoms with van der Waals surface area (Å²) < 4.78 is 19.1. The largest absolute Gasteiger partial charge is 0.472 e. The number of esters is 1. The van der Waals surface area contributed by atoms with E-state index in [1.54, 1.807) is 16.9 Å². The Morgan fingerprint density at radius 2 is 2.09 bits per heavy atom. The van der Waals surface area contributed by atoms with E-state index in [2.05, 4.69) is 16.2 Å². The van der Waals surface area contributed by atoms with Crippen LogP contribution in [0.3, 0.4) is 0 Å². The van der Waals surface area contributed by atoms with Gasteiger partial charge in [0, 0.05) is 6.20 Å². The minimum absolute atomic E-state index is 0.128. The fourth-order valence-corrected chi connectivity index (χ4v) is 4.15. The van der Waals surface area contributed by atoms with Crippen LogP contribution in [-0.2, 0) is 26.4 Å². The lowest BCUT2D eigenvalue weighted by molar-refractivity contribution is -0.176. The molecule has 1 fully saturated rings. The molecule has 34 heavy (non-hydrogen) atoms. The Bertz CT molecular complexity index is 1200. The summed E-state index contributed by atoms with van der Waals surface area (Å²) in [6.07, 6.45) is 2.00. The number of carbonyl (C=O) groups is 1. The van der Waals surface area contributed by atoms with Gasteiger partial charge in [-0.05, 0) is 45.2 Å². The Hall–Kier alpha value is -3.64. The van der Waals surface area contributed by atoms with Crippen LogP contribution in [0.1, 0.15) is 45.6 Å². The van der Waals surface area contributed by atoms with Crippen molar-refractivity contribution in [2.75, 3.05) is 12.3 Å². The van der Waals surface area contributed by atoms with Crippen LogP contribution >= 0.6 is 0 Å². The number of rotatable bonds is 6. The van der Waals surface area contributed by atoms with Crippen LogP contribution in [0.4, 0.5) is 5.82 Å². The van der Waals surface area contributed by atoms with Gasteiger partial charge in [-0.2, -0.15) is 10.4 Å². The molecule has 0 saturated carbocycles. The van der Waals surface area contributed by atoms with Crippen molar-refractivity contribution in [2.45, 2.75) is 63.9 Å². The third-order valence-corrected chi connectivity index (χ3v) is 5.76. The molecule has 178 valence electrons. The number of hydrogen-bond acceptors (Lipinski definition) is 8. The first kappa shape index (κ1) is 23.5. The first-order chi connectivity index (χ1) is 16.2. The predicted molar refractivity (Wildman–Crippen MR) is 126 cm³/mol. The quantitative estimate of drug-likeness (QED) is 0.548. The Balaban J connectivity index is 1.61. The van der Waals surface area contributed by atoms with Crippen molar-refractivity contribution in [3.05, 3.63) is 48.2 Å². The lowest BCUT2D eigenvalue weighted by atomic mass is 9.87. The zero-order chi connectivity index (χ0) is 24.3. The summed E-state index contributed by atoms with van der Waals surface area (Å²) in [7, 11) is 0. The Labute approximate surface area is 198 Å². The number of anilines is 1. The van der Waals surface area contributed by atoms with Crippen molar-refractivity contribution in [2.24, 2.45) is 0 Å². The summed E-state index contributed by atoms with van der Waals surface area (Å²) >= 11 is 0. The van der Waals surface area contributed by atoms with Gasteiger partial charge in [-0.25, -0.2) is 9.78 Å². The van der Waals surface area contributed by atoms with Gasteiger partial charge in [0.1, 0.15) is 17.6 Å². The molecule has 3 aromatic rings. The van der Waals surface area contributed by atoms with Gasteiger partial charge < -0.3 is 19.9 Å². The molecule has 0 radical (unpaired) electrons. The highest BCUT2D eigenvalue weighted by atomic mass is 16.6. The molecule has 4 rings (SSSR count). The lowest BCUT2D eigenvalue weighted by Gasteiger charge is -2.39. The second-order valence-corrected chi connectivity index (χ2v) is 9.51. The van der Waals surface area contributed by atoms with Gasteiger partial charge in [0.15, 0.2) is 11.9 Å². The summed E-state index contributed by atoms with van der Waals surface area (Å²) in [4.78, 5) is 16.9. The van der Waals surface area contributed by atoms with Gasteiger partial charge in [0.05, 0.1) is 30.2 Å². The van der Waals surface area contributed by atoms with Crippen LogP contribution in [0.15, 0.2) is 42.6 Å². The molecule has 1 saturated heterocycles. The monoisotopic (exact) mass is 463 g/mol. The maximum atomic E-state index is 12.5. The van der Waals surface area contributed by atoms with E-state index in [0.717, 1.165) is 5.56 Å². The molecular weight excluding hydrogens is 434 g/mol. The maximum Gasteiger partial charge on any atom is 0.335 e. The maximum absolute atomic E-state index is 12.5. The van der Waals surface area contributed by atoms with Crippen LogP contribution in [0.25, 0.3) is 10.9 Å². The minimum Gasteiger partial charge on any atom is -0.472 e. The fourth-order valence-electron chi connectivity index (χ4n) is 4.15.